The summed E-state index contributed by atoms with van der Waals surface area (Å²) in [4.78, 5) is 4.17. The van der Waals surface area contributed by atoms with Crippen LogP contribution in [0.2, 0.25) is 0 Å². The Morgan fingerprint density at radius 3 is 2.80 bits per heavy atom. The smallest absolute Gasteiger partial charge is 0.128 e. The lowest BCUT2D eigenvalue weighted by molar-refractivity contribution is 0.232. The summed E-state index contributed by atoms with van der Waals surface area (Å²) in [6, 6.07) is 2.23. The molecule has 2 rings (SSSR count). The average Bonchev–Trinajstić information content (AvgIpc) is 2.15. The van der Waals surface area contributed by atoms with Gasteiger partial charge in [0.25, 0.3) is 0 Å². The van der Waals surface area contributed by atoms with Gasteiger partial charge in [-0.2, -0.15) is 0 Å². The maximum Gasteiger partial charge on any atom is 0.128 e. The zero-order chi connectivity index (χ0) is 10.8. The Balaban J connectivity index is 2.28. The van der Waals surface area contributed by atoms with Gasteiger partial charge in [-0.25, -0.2) is 4.98 Å². The number of hydrazine groups is 1. The average molecular weight is 206 g/mol. The number of nitrogens with zero attached hydrogens (tertiary/aromatic N) is 1. The number of pyridine rings is 1. The highest BCUT2D eigenvalue weighted by Gasteiger charge is 2.29. The van der Waals surface area contributed by atoms with Crippen LogP contribution in [-0.2, 0) is 0 Å². The Kier molecular flexibility index (Phi) is 2.88. The van der Waals surface area contributed by atoms with Crippen LogP contribution in [0.4, 0.5) is 5.82 Å². The van der Waals surface area contributed by atoms with Gasteiger partial charge >= 0.3 is 0 Å². The fourth-order valence-corrected chi connectivity index (χ4v) is 2.10. The number of nitrogens with one attached hydrogen (secondary N) is 1. The molecule has 1 unspecified atom stereocenters. The first kappa shape index (κ1) is 10.4. The van der Waals surface area contributed by atoms with Crippen molar-refractivity contribution in [2.24, 2.45) is 11.8 Å². The molecule has 4 heteroatoms. The van der Waals surface area contributed by atoms with E-state index >= 15 is 0 Å². The van der Waals surface area contributed by atoms with Gasteiger partial charge in [0.05, 0.1) is 6.04 Å². The molecule has 1 aliphatic carbocycles. The molecule has 0 aromatic carbocycles. The van der Waals surface area contributed by atoms with Crippen molar-refractivity contribution in [1.82, 2.24) is 10.4 Å². The Labute approximate surface area is 90.0 Å². The maximum absolute atomic E-state index is 5.88. The van der Waals surface area contributed by atoms with Crippen molar-refractivity contribution in [2.45, 2.75) is 32.2 Å². The van der Waals surface area contributed by atoms with E-state index in [2.05, 4.69) is 16.5 Å². The van der Waals surface area contributed by atoms with Crippen molar-refractivity contribution >= 4 is 5.82 Å². The molecule has 1 fully saturated rings. The highest BCUT2D eigenvalue weighted by Crippen LogP contribution is 2.38. The molecule has 82 valence electrons. The molecule has 0 bridgehead atoms. The lowest BCUT2D eigenvalue weighted by Crippen LogP contribution is -2.37. The summed E-state index contributed by atoms with van der Waals surface area (Å²) in [5.74, 6) is 6.81. The van der Waals surface area contributed by atoms with Crippen molar-refractivity contribution in [3.8, 4) is 0 Å². The number of hydrogen-bond donors (Lipinski definition) is 3. The first-order chi connectivity index (χ1) is 7.22. The van der Waals surface area contributed by atoms with Crippen LogP contribution in [0.5, 0.6) is 0 Å². The monoisotopic (exact) mass is 206 g/mol. The molecule has 1 heterocycles. The Morgan fingerprint density at radius 2 is 2.27 bits per heavy atom. The molecule has 4 nitrogen and oxygen atoms in total. The third-order valence-corrected chi connectivity index (χ3v) is 3.22. The Morgan fingerprint density at radius 1 is 1.53 bits per heavy atom. The molecule has 0 amide bonds. The maximum atomic E-state index is 5.88. The second-order valence-corrected chi connectivity index (χ2v) is 4.32. The second-order valence-electron chi connectivity index (χ2n) is 4.32. The number of aromatic nitrogens is 1. The van der Waals surface area contributed by atoms with Gasteiger partial charge in [0, 0.05) is 11.8 Å². The molecule has 1 aromatic heterocycles. The minimum absolute atomic E-state index is 0.158. The zero-order valence-corrected chi connectivity index (χ0v) is 9.03. The van der Waals surface area contributed by atoms with Crippen molar-refractivity contribution in [1.29, 1.82) is 0 Å². The van der Waals surface area contributed by atoms with Gasteiger partial charge in [0.15, 0.2) is 0 Å². The van der Waals surface area contributed by atoms with E-state index in [1.807, 2.05) is 6.92 Å². The van der Waals surface area contributed by atoms with Gasteiger partial charge < -0.3 is 5.73 Å². The minimum Gasteiger partial charge on any atom is -0.383 e. The molecule has 0 spiro atoms. The third kappa shape index (κ3) is 1.96. The number of hydrogen-bond acceptors (Lipinski definition) is 4. The quantitative estimate of drug-likeness (QED) is 0.514. The first-order valence-electron chi connectivity index (χ1n) is 5.40. The molecular weight excluding hydrogens is 188 g/mol. The van der Waals surface area contributed by atoms with Crippen LogP contribution in [0.3, 0.4) is 0 Å². The van der Waals surface area contributed by atoms with Crippen molar-refractivity contribution in [3.05, 3.63) is 23.4 Å². The SMILES string of the molecule is Cc1cnc(N)c(C(NN)C2CCC2)c1. The van der Waals surface area contributed by atoms with Crippen LogP contribution in [0.25, 0.3) is 0 Å². The molecule has 1 atom stereocenters. The summed E-state index contributed by atoms with van der Waals surface area (Å²) in [5, 5.41) is 0. The fourth-order valence-electron chi connectivity index (χ4n) is 2.10. The predicted octanol–water partition coefficient (Wildman–Crippen LogP) is 1.28. The van der Waals surface area contributed by atoms with E-state index in [1.54, 1.807) is 6.20 Å². The van der Waals surface area contributed by atoms with Gasteiger partial charge in [-0.3, -0.25) is 11.3 Å². The topological polar surface area (TPSA) is 77.0 Å². The molecular formula is C11H18N4. The van der Waals surface area contributed by atoms with Gasteiger partial charge in [-0.1, -0.05) is 6.42 Å². The van der Waals surface area contributed by atoms with E-state index in [1.165, 1.54) is 19.3 Å². The van der Waals surface area contributed by atoms with Crippen molar-refractivity contribution in [2.75, 3.05) is 5.73 Å². The van der Waals surface area contributed by atoms with E-state index in [9.17, 15) is 0 Å². The van der Waals surface area contributed by atoms with Gasteiger partial charge in [0.1, 0.15) is 5.82 Å². The Bertz CT molecular complexity index is 346. The van der Waals surface area contributed by atoms with E-state index in [-0.39, 0.29) is 6.04 Å². The standard InChI is InChI=1S/C11H18N4/c1-7-5-9(11(12)14-6-7)10(15-13)8-3-2-4-8/h5-6,8,10,15H,2-4,13H2,1H3,(H2,12,14). The number of rotatable bonds is 3. The van der Waals surface area contributed by atoms with Crippen molar-refractivity contribution in [3.63, 3.8) is 0 Å². The van der Waals surface area contributed by atoms with Gasteiger partial charge in [-0.05, 0) is 37.3 Å². The van der Waals surface area contributed by atoms with Crippen LogP contribution in [0.15, 0.2) is 12.3 Å². The largest absolute Gasteiger partial charge is 0.383 e. The minimum atomic E-state index is 0.158. The van der Waals surface area contributed by atoms with Crippen LogP contribution >= 0.6 is 0 Å². The molecule has 1 aliphatic rings. The molecule has 5 N–H and O–H groups in total. The predicted molar refractivity (Wildman–Crippen MR) is 60.8 cm³/mol. The number of nitrogen functional groups attached to an aromatic ring is 1. The van der Waals surface area contributed by atoms with Crippen LogP contribution in [-0.4, -0.2) is 4.98 Å². The zero-order valence-electron chi connectivity index (χ0n) is 9.03. The highest BCUT2D eigenvalue weighted by atomic mass is 15.2. The molecule has 0 aliphatic heterocycles. The molecule has 1 aromatic rings. The van der Waals surface area contributed by atoms with E-state index < -0.39 is 0 Å². The molecule has 0 radical (unpaired) electrons. The van der Waals surface area contributed by atoms with E-state index in [0.29, 0.717) is 11.7 Å². The van der Waals surface area contributed by atoms with Gasteiger partial charge in [-0.15, -0.1) is 0 Å². The number of anilines is 1. The summed E-state index contributed by atoms with van der Waals surface area (Å²) in [5.41, 5.74) is 10.9. The summed E-state index contributed by atoms with van der Waals surface area (Å²) in [6.07, 6.45) is 5.53. The Hall–Kier alpha value is -1.13. The molecule has 0 saturated heterocycles. The number of aryl methyl sites for hydroxylation is 1. The number of nitrogens with two attached hydrogens (primary N) is 2. The summed E-state index contributed by atoms with van der Waals surface area (Å²) in [6.45, 7) is 2.02. The summed E-state index contributed by atoms with van der Waals surface area (Å²) >= 11 is 0. The molecule has 1 saturated carbocycles. The van der Waals surface area contributed by atoms with Crippen molar-refractivity contribution < 1.29 is 0 Å². The van der Waals surface area contributed by atoms with Crippen LogP contribution in [0, 0.1) is 12.8 Å². The van der Waals surface area contributed by atoms with Crippen LogP contribution in [0.1, 0.15) is 36.4 Å². The third-order valence-electron chi connectivity index (χ3n) is 3.22. The van der Waals surface area contributed by atoms with Gasteiger partial charge in [0.2, 0.25) is 0 Å². The first-order valence-corrected chi connectivity index (χ1v) is 5.40. The summed E-state index contributed by atoms with van der Waals surface area (Å²) in [7, 11) is 0. The van der Waals surface area contributed by atoms with E-state index in [4.69, 9.17) is 11.6 Å². The van der Waals surface area contributed by atoms with E-state index in [0.717, 1.165) is 11.1 Å². The molecule has 15 heavy (non-hydrogen) atoms. The lowest BCUT2D eigenvalue weighted by Gasteiger charge is -2.33. The highest BCUT2D eigenvalue weighted by molar-refractivity contribution is 5.43. The fraction of sp³-hybridized carbons (Fsp3) is 0.545. The lowest BCUT2D eigenvalue weighted by atomic mass is 9.77. The summed E-state index contributed by atoms with van der Waals surface area (Å²) < 4.78 is 0. The normalized spacial score (nSPS) is 18.5. The second kappa shape index (κ2) is 4.16. The van der Waals surface area contributed by atoms with Crippen LogP contribution < -0.4 is 17.0 Å².